The number of carboxylic acid groups (broad SMARTS) is 1. The van der Waals surface area contributed by atoms with Gasteiger partial charge in [-0.15, -0.1) is 0 Å². The van der Waals surface area contributed by atoms with E-state index in [4.69, 9.17) is 5.11 Å². The predicted molar refractivity (Wildman–Crippen MR) is 77.0 cm³/mol. The highest BCUT2D eigenvalue weighted by molar-refractivity contribution is 5.93. The Hall–Kier alpha value is -2.04. The molecule has 2 rings (SSSR count). The number of carbonyl (C=O) groups excluding carboxylic acids is 1. The molecule has 108 valence electrons. The van der Waals surface area contributed by atoms with Gasteiger partial charge in [0.25, 0.3) is 0 Å². The second-order valence-corrected chi connectivity index (χ2v) is 5.51. The predicted octanol–water partition coefficient (Wildman–Crippen LogP) is 3.04. The van der Waals surface area contributed by atoms with Gasteiger partial charge in [-0.3, -0.25) is 0 Å². The van der Waals surface area contributed by atoms with Crippen LogP contribution in [0.3, 0.4) is 0 Å². The van der Waals surface area contributed by atoms with Crippen LogP contribution in [0.15, 0.2) is 24.3 Å². The minimum absolute atomic E-state index is 0.123. The van der Waals surface area contributed by atoms with E-state index in [0.717, 1.165) is 6.54 Å². The summed E-state index contributed by atoms with van der Waals surface area (Å²) in [5, 5.41) is 11.7. The van der Waals surface area contributed by atoms with Crippen molar-refractivity contribution in [1.29, 1.82) is 0 Å². The van der Waals surface area contributed by atoms with Crippen molar-refractivity contribution in [3.05, 3.63) is 29.8 Å². The molecule has 2 N–H and O–H groups in total. The van der Waals surface area contributed by atoms with Crippen molar-refractivity contribution in [2.45, 2.75) is 32.7 Å². The van der Waals surface area contributed by atoms with E-state index in [1.165, 1.54) is 25.0 Å². The third-order valence-electron chi connectivity index (χ3n) is 3.40. The second kappa shape index (κ2) is 5.94. The molecule has 2 amide bonds. The number of rotatable bonds is 5. The number of nitrogens with one attached hydrogen (secondary N) is 1. The maximum Gasteiger partial charge on any atom is 0.335 e. The first kappa shape index (κ1) is 14.4. The number of aromatic carboxylic acids is 1. The lowest BCUT2D eigenvalue weighted by Crippen LogP contribution is -2.41. The first-order valence-corrected chi connectivity index (χ1v) is 6.88. The van der Waals surface area contributed by atoms with E-state index in [0.29, 0.717) is 11.6 Å². The molecule has 0 heterocycles. The van der Waals surface area contributed by atoms with Crippen LogP contribution >= 0.6 is 0 Å². The van der Waals surface area contributed by atoms with Gasteiger partial charge in [-0.25, -0.2) is 9.59 Å². The summed E-state index contributed by atoms with van der Waals surface area (Å²) in [6, 6.07) is 6.24. The summed E-state index contributed by atoms with van der Waals surface area (Å²) in [6.07, 6.45) is 2.37. The smallest absolute Gasteiger partial charge is 0.335 e. The van der Waals surface area contributed by atoms with Crippen molar-refractivity contribution >= 4 is 17.7 Å². The molecule has 1 aliphatic carbocycles. The monoisotopic (exact) mass is 276 g/mol. The zero-order valence-corrected chi connectivity index (χ0v) is 11.8. The van der Waals surface area contributed by atoms with Gasteiger partial charge in [-0.05, 0) is 50.8 Å². The van der Waals surface area contributed by atoms with Crippen molar-refractivity contribution in [3.63, 3.8) is 0 Å². The van der Waals surface area contributed by atoms with Crippen LogP contribution in [-0.4, -0.2) is 34.6 Å². The number of hydrogen-bond donors (Lipinski definition) is 2. The summed E-state index contributed by atoms with van der Waals surface area (Å²) < 4.78 is 0. The first-order valence-electron chi connectivity index (χ1n) is 6.88. The molecule has 5 heteroatoms. The molecule has 0 atom stereocenters. The summed E-state index contributed by atoms with van der Waals surface area (Å²) in [5.41, 5.74) is 0.678. The van der Waals surface area contributed by atoms with Crippen molar-refractivity contribution in [2.75, 3.05) is 11.9 Å². The molecule has 0 spiro atoms. The fraction of sp³-hybridized carbons (Fsp3) is 0.467. The molecule has 1 saturated carbocycles. The summed E-state index contributed by atoms with van der Waals surface area (Å²) in [7, 11) is 0. The maximum absolute atomic E-state index is 12.3. The van der Waals surface area contributed by atoms with Crippen LogP contribution < -0.4 is 5.32 Å². The molecule has 1 aromatic rings. The number of hydrogen-bond acceptors (Lipinski definition) is 2. The Bertz CT molecular complexity index is 510. The number of carbonyl (C=O) groups is 2. The Labute approximate surface area is 118 Å². The summed E-state index contributed by atoms with van der Waals surface area (Å²) >= 11 is 0. The van der Waals surface area contributed by atoms with Crippen LogP contribution in [0.1, 0.15) is 37.0 Å². The number of carboxylic acids is 1. The highest BCUT2D eigenvalue weighted by atomic mass is 16.4. The summed E-state index contributed by atoms with van der Waals surface area (Å²) in [5.74, 6) is -0.381. The largest absolute Gasteiger partial charge is 0.478 e. The van der Waals surface area contributed by atoms with E-state index in [-0.39, 0.29) is 17.6 Å². The quantitative estimate of drug-likeness (QED) is 0.868. The number of nitrogens with zero attached hydrogens (tertiary/aromatic N) is 1. The number of urea groups is 1. The van der Waals surface area contributed by atoms with Crippen LogP contribution in [0.2, 0.25) is 0 Å². The topological polar surface area (TPSA) is 69.6 Å². The van der Waals surface area contributed by atoms with Gasteiger partial charge in [0.05, 0.1) is 5.56 Å². The Morgan fingerprint density at radius 2 is 2.10 bits per heavy atom. The third-order valence-corrected chi connectivity index (χ3v) is 3.40. The average molecular weight is 276 g/mol. The average Bonchev–Trinajstić information content (AvgIpc) is 3.19. The lowest BCUT2D eigenvalue weighted by Gasteiger charge is -2.27. The molecular weight excluding hydrogens is 256 g/mol. The van der Waals surface area contributed by atoms with Crippen LogP contribution in [-0.2, 0) is 0 Å². The van der Waals surface area contributed by atoms with Crippen LogP contribution in [0.4, 0.5) is 10.5 Å². The molecule has 1 aliphatic rings. The molecule has 1 fully saturated rings. The Kier molecular flexibility index (Phi) is 4.27. The van der Waals surface area contributed by atoms with Gasteiger partial charge in [-0.2, -0.15) is 0 Å². The lowest BCUT2D eigenvalue weighted by molar-refractivity contribution is 0.0697. The Balaban J connectivity index is 2.04. The normalized spacial score (nSPS) is 14.2. The number of benzene rings is 1. The van der Waals surface area contributed by atoms with Crippen LogP contribution in [0.25, 0.3) is 0 Å². The van der Waals surface area contributed by atoms with Crippen molar-refractivity contribution in [3.8, 4) is 0 Å². The molecule has 20 heavy (non-hydrogen) atoms. The van der Waals surface area contributed by atoms with Gasteiger partial charge in [-0.1, -0.05) is 6.07 Å². The standard InChI is InChI=1S/C15H20N2O3/c1-10(2)17(9-11-6-7-11)15(20)16-13-5-3-4-12(8-13)14(18)19/h3-5,8,10-11H,6-7,9H2,1-2H3,(H,16,20)(H,18,19). The van der Waals surface area contributed by atoms with E-state index in [1.54, 1.807) is 17.0 Å². The Morgan fingerprint density at radius 3 is 2.65 bits per heavy atom. The van der Waals surface area contributed by atoms with Crippen molar-refractivity contribution < 1.29 is 14.7 Å². The molecule has 1 aromatic carbocycles. The SMILES string of the molecule is CC(C)N(CC1CC1)C(=O)Nc1cccc(C(=O)O)c1. The van der Waals surface area contributed by atoms with Crippen molar-refractivity contribution in [1.82, 2.24) is 4.90 Å². The van der Waals surface area contributed by atoms with E-state index < -0.39 is 5.97 Å². The lowest BCUT2D eigenvalue weighted by atomic mass is 10.2. The summed E-state index contributed by atoms with van der Waals surface area (Å²) in [4.78, 5) is 25.0. The van der Waals surface area contributed by atoms with E-state index in [9.17, 15) is 9.59 Å². The number of anilines is 1. The minimum atomic E-state index is -1.00. The molecule has 0 bridgehead atoms. The fourth-order valence-corrected chi connectivity index (χ4v) is 2.03. The third kappa shape index (κ3) is 3.73. The van der Waals surface area contributed by atoms with Gasteiger partial charge in [0.2, 0.25) is 0 Å². The molecular formula is C15H20N2O3. The molecule has 0 unspecified atom stereocenters. The van der Waals surface area contributed by atoms with Gasteiger partial charge in [0, 0.05) is 18.3 Å². The molecule has 5 nitrogen and oxygen atoms in total. The van der Waals surface area contributed by atoms with Gasteiger partial charge in [0.1, 0.15) is 0 Å². The Morgan fingerprint density at radius 1 is 1.40 bits per heavy atom. The van der Waals surface area contributed by atoms with Gasteiger partial charge in [0.15, 0.2) is 0 Å². The van der Waals surface area contributed by atoms with E-state index in [1.807, 2.05) is 13.8 Å². The summed E-state index contributed by atoms with van der Waals surface area (Å²) in [6.45, 7) is 4.73. The molecule has 0 radical (unpaired) electrons. The van der Waals surface area contributed by atoms with E-state index >= 15 is 0 Å². The highest BCUT2D eigenvalue weighted by Crippen LogP contribution is 2.30. The highest BCUT2D eigenvalue weighted by Gasteiger charge is 2.28. The van der Waals surface area contributed by atoms with Gasteiger partial charge < -0.3 is 15.3 Å². The zero-order valence-electron chi connectivity index (χ0n) is 11.8. The molecule has 0 aromatic heterocycles. The minimum Gasteiger partial charge on any atom is -0.478 e. The van der Waals surface area contributed by atoms with Crippen LogP contribution in [0, 0.1) is 5.92 Å². The van der Waals surface area contributed by atoms with Crippen molar-refractivity contribution in [2.24, 2.45) is 5.92 Å². The molecule has 0 aliphatic heterocycles. The fourth-order valence-electron chi connectivity index (χ4n) is 2.03. The van der Waals surface area contributed by atoms with E-state index in [2.05, 4.69) is 5.32 Å². The number of amides is 2. The second-order valence-electron chi connectivity index (χ2n) is 5.51. The zero-order chi connectivity index (χ0) is 14.7. The first-order chi connectivity index (χ1) is 9.47. The maximum atomic E-state index is 12.3. The molecule has 0 saturated heterocycles. The van der Waals surface area contributed by atoms with Crippen LogP contribution in [0.5, 0.6) is 0 Å². The van der Waals surface area contributed by atoms with Gasteiger partial charge >= 0.3 is 12.0 Å².